The van der Waals surface area contributed by atoms with Crippen LogP contribution in [-0.4, -0.2) is 24.3 Å². The fourth-order valence-corrected chi connectivity index (χ4v) is 3.74. The van der Waals surface area contributed by atoms with Crippen molar-refractivity contribution in [3.8, 4) is 0 Å². The standard InChI is InChI=1S/C20H36O3/c1-3-4-5-6-7-8-9-10-11-12-15-22-19(21)17-13-14-20(2)18(16-17)23-20/h17-18H,3-16H2,1-2H3/t17?,18?,20-/m0/s1. The van der Waals surface area contributed by atoms with Gasteiger partial charge < -0.3 is 9.47 Å². The highest BCUT2D eigenvalue weighted by Crippen LogP contribution is 2.49. The Bertz CT molecular complexity index is 355. The highest BCUT2D eigenvalue weighted by Gasteiger charge is 2.56. The Morgan fingerprint density at radius 2 is 1.65 bits per heavy atom. The quantitative estimate of drug-likeness (QED) is 0.274. The summed E-state index contributed by atoms with van der Waals surface area (Å²) in [4.78, 5) is 12.0. The molecule has 2 rings (SSSR count). The van der Waals surface area contributed by atoms with Crippen molar-refractivity contribution < 1.29 is 14.3 Å². The van der Waals surface area contributed by atoms with Gasteiger partial charge in [0.2, 0.25) is 0 Å². The summed E-state index contributed by atoms with van der Waals surface area (Å²) in [5, 5.41) is 0. The van der Waals surface area contributed by atoms with Gasteiger partial charge in [0.05, 0.1) is 24.2 Å². The van der Waals surface area contributed by atoms with Crippen LogP contribution in [0, 0.1) is 5.92 Å². The third-order valence-corrected chi connectivity index (χ3v) is 5.60. The first-order chi connectivity index (χ1) is 11.2. The molecule has 3 heteroatoms. The Morgan fingerprint density at radius 3 is 2.26 bits per heavy atom. The maximum absolute atomic E-state index is 12.0. The van der Waals surface area contributed by atoms with Crippen LogP contribution in [0.3, 0.4) is 0 Å². The van der Waals surface area contributed by atoms with E-state index in [1.54, 1.807) is 0 Å². The Kier molecular flexibility index (Phi) is 7.88. The lowest BCUT2D eigenvalue weighted by Crippen LogP contribution is -2.28. The number of unbranched alkanes of at least 4 members (excludes halogenated alkanes) is 9. The number of epoxide rings is 1. The number of esters is 1. The number of carbonyl (C=O) groups is 1. The van der Waals surface area contributed by atoms with Gasteiger partial charge in [0, 0.05) is 0 Å². The normalized spacial score (nSPS) is 29.1. The molecule has 0 N–H and O–H groups in total. The molecule has 0 aromatic carbocycles. The van der Waals surface area contributed by atoms with Crippen molar-refractivity contribution in [3.63, 3.8) is 0 Å². The molecular weight excluding hydrogens is 288 g/mol. The molecular formula is C20H36O3. The van der Waals surface area contributed by atoms with Crippen molar-refractivity contribution in [2.24, 2.45) is 5.92 Å². The molecule has 3 nitrogen and oxygen atoms in total. The summed E-state index contributed by atoms with van der Waals surface area (Å²) in [5.41, 5.74) is 0.0906. The van der Waals surface area contributed by atoms with Crippen molar-refractivity contribution >= 4 is 5.97 Å². The molecule has 2 unspecified atom stereocenters. The summed E-state index contributed by atoms with van der Waals surface area (Å²) in [5.74, 6) is 0.0946. The van der Waals surface area contributed by atoms with Crippen LogP contribution in [0.1, 0.15) is 97.3 Å². The fraction of sp³-hybridized carbons (Fsp3) is 0.950. The Hall–Kier alpha value is -0.570. The topological polar surface area (TPSA) is 38.8 Å². The molecule has 3 atom stereocenters. The third-order valence-electron chi connectivity index (χ3n) is 5.60. The van der Waals surface area contributed by atoms with Crippen molar-refractivity contribution in [2.75, 3.05) is 6.61 Å². The third kappa shape index (κ3) is 6.45. The largest absolute Gasteiger partial charge is 0.465 e. The molecule has 1 saturated carbocycles. The predicted molar refractivity (Wildman–Crippen MR) is 93.4 cm³/mol. The van der Waals surface area contributed by atoms with Crippen LogP contribution in [-0.2, 0) is 14.3 Å². The van der Waals surface area contributed by atoms with Gasteiger partial charge in [-0.2, -0.15) is 0 Å². The first-order valence-electron chi connectivity index (χ1n) is 10.00. The molecule has 0 aromatic rings. The minimum atomic E-state index is 0.0125. The van der Waals surface area contributed by atoms with E-state index in [9.17, 15) is 4.79 Å². The lowest BCUT2D eigenvalue weighted by molar-refractivity contribution is -0.149. The van der Waals surface area contributed by atoms with E-state index in [4.69, 9.17) is 9.47 Å². The lowest BCUT2D eigenvalue weighted by atomic mass is 9.83. The molecule has 2 aliphatic rings. The minimum Gasteiger partial charge on any atom is -0.465 e. The summed E-state index contributed by atoms with van der Waals surface area (Å²) >= 11 is 0. The molecule has 134 valence electrons. The smallest absolute Gasteiger partial charge is 0.309 e. The van der Waals surface area contributed by atoms with Crippen molar-refractivity contribution in [1.82, 2.24) is 0 Å². The second-order valence-electron chi connectivity index (χ2n) is 7.74. The molecule has 0 bridgehead atoms. The SMILES string of the molecule is CCCCCCCCCCCCOC(=O)C1CC[C@]2(C)OC2C1. The van der Waals surface area contributed by atoms with Gasteiger partial charge in [0.1, 0.15) is 0 Å². The van der Waals surface area contributed by atoms with Crippen molar-refractivity contribution in [2.45, 2.75) is 109 Å². The molecule has 2 fully saturated rings. The number of carbonyl (C=O) groups excluding carboxylic acids is 1. The summed E-state index contributed by atoms with van der Waals surface area (Å²) < 4.78 is 11.1. The van der Waals surface area contributed by atoms with Crippen molar-refractivity contribution in [3.05, 3.63) is 0 Å². The van der Waals surface area contributed by atoms with Crippen LogP contribution >= 0.6 is 0 Å². The van der Waals surface area contributed by atoms with Crippen LogP contribution in [0.4, 0.5) is 0 Å². The maximum atomic E-state index is 12.0. The molecule has 0 aromatic heterocycles. The van der Waals surface area contributed by atoms with E-state index in [0.29, 0.717) is 12.7 Å². The fourth-order valence-electron chi connectivity index (χ4n) is 3.74. The van der Waals surface area contributed by atoms with Crippen LogP contribution in [0.2, 0.25) is 0 Å². The number of fused-ring (bicyclic) bond motifs is 1. The van der Waals surface area contributed by atoms with Gasteiger partial charge in [-0.25, -0.2) is 0 Å². The first-order valence-corrected chi connectivity index (χ1v) is 10.00. The zero-order valence-corrected chi connectivity index (χ0v) is 15.3. The number of hydrogen-bond donors (Lipinski definition) is 0. The van der Waals surface area contributed by atoms with E-state index in [0.717, 1.165) is 25.7 Å². The molecule has 1 aliphatic carbocycles. The van der Waals surface area contributed by atoms with Crippen LogP contribution < -0.4 is 0 Å². The average Bonchev–Trinajstić information content (AvgIpc) is 3.22. The second kappa shape index (κ2) is 9.66. The summed E-state index contributed by atoms with van der Waals surface area (Å²) in [6.45, 7) is 5.02. The second-order valence-corrected chi connectivity index (χ2v) is 7.74. The Labute approximate surface area is 142 Å². The van der Waals surface area contributed by atoms with E-state index in [1.165, 1.54) is 57.8 Å². The summed E-state index contributed by atoms with van der Waals surface area (Å²) in [6.07, 6.45) is 16.2. The molecule has 1 aliphatic heterocycles. The minimum absolute atomic E-state index is 0.0125. The molecule has 0 amide bonds. The molecule has 23 heavy (non-hydrogen) atoms. The summed E-state index contributed by atoms with van der Waals surface area (Å²) in [7, 11) is 0. The van der Waals surface area contributed by atoms with Gasteiger partial charge in [-0.1, -0.05) is 64.7 Å². The van der Waals surface area contributed by atoms with Gasteiger partial charge >= 0.3 is 5.97 Å². The van der Waals surface area contributed by atoms with Gasteiger partial charge in [0.25, 0.3) is 0 Å². The first kappa shape index (κ1) is 18.8. The zero-order valence-electron chi connectivity index (χ0n) is 15.3. The van der Waals surface area contributed by atoms with Gasteiger partial charge in [-0.3, -0.25) is 4.79 Å². The zero-order chi connectivity index (χ0) is 16.5. The van der Waals surface area contributed by atoms with Gasteiger partial charge in [-0.05, 0) is 32.6 Å². The molecule has 0 radical (unpaired) electrons. The molecule has 1 saturated heterocycles. The molecule has 0 spiro atoms. The van der Waals surface area contributed by atoms with E-state index in [2.05, 4.69) is 13.8 Å². The van der Waals surface area contributed by atoms with E-state index in [1.807, 2.05) is 0 Å². The number of ether oxygens (including phenoxy) is 2. The molecule has 1 heterocycles. The predicted octanol–water partition coefficient (Wildman–Crippen LogP) is 5.41. The maximum Gasteiger partial charge on any atom is 0.309 e. The Balaban J connectivity index is 1.37. The van der Waals surface area contributed by atoms with E-state index >= 15 is 0 Å². The number of hydrogen-bond acceptors (Lipinski definition) is 3. The highest BCUT2D eigenvalue weighted by molar-refractivity contribution is 5.72. The van der Waals surface area contributed by atoms with Crippen LogP contribution in [0.25, 0.3) is 0 Å². The monoisotopic (exact) mass is 324 g/mol. The van der Waals surface area contributed by atoms with Crippen LogP contribution in [0.5, 0.6) is 0 Å². The van der Waals surface area contributed by atoms with Gasteiger partial charge in [-0.15, -0.1) is 0 Å². The van der Waals surface area contributed by atoms with Crippen molar-refractivity contribution in [1.29, 1.82) is 0 Å². The van der Waals surface area contributed by atoms with Gasteiger partial charge in [0.15, 0.2) is 0 Å². The average molecular weight is 325 g/mol. The lowest BCUT2D eigenvalue weighted by Gasteiger charge is -2.20. The van der Waals surface area contributed by atoms with E-state index < -0.39 is 0 Å². The van der Waals surface area contributed by atoms with E-state index in [-0.39, 0.29) is 17.5 Å². The Morgan fingerprint density at radius 1 is 1.04 bits per heavy atom. The number of rotatable bonds is 12. The van der Waals surface area contributed by atoms with Crippen LogP contribution in [0.15, 0.2) is 0 Å². The highest BCUT2D eigenvalue weighted by atomic mass is 16.6. The summed E-state index contributed by atoms with van der Waals surface area (Å²) in [6, 6.07) is 0.